The van der Waals surface area contributed by atoms with Gasteiger partial charge in [-0.15, -0.1) is 0 Å². The number of hydrogen-bond donors (Lipinski definition) is 2. The Labute approximate surface area is 127 Å². The van der Waals surface area contributed by atoms with Crippen molar-refractivity contribution >= 4 is 11.9 Å². The molecular formula is C16H18O6. The van der Waals surface area contributed by atoms with Gasteiger partial charge in [-0.05, 0) is 30.9 Å². The normalized spacial score (nSPS) is 29.5. The van der Waals surface area contributed by atoms with Crippen LogP contribution in [0.1, 0.15) is 18.4 Å². The standard InChI is InChI=1S/C16H18O6/c17-14(18)8-21-11-4-2-1-3-9(11)7-10-12-5-6-13(22-12)15(10)16(19)20/h1-4,10,12-13,15H,5-8H2,(H,17,18)(H,19,20)/t10-,12-,13+,15-/m1/s1. The molecule has 118 valence electrons. The van der Waals surface area contributed by atoms with Crippen LogP contribution in [0, 0.1) is 11.8 Å². The molecule has 0 saturated carbocycles. The molecule has 6 nitrogen and oxygen atoms in total. The van der Waals surface area contributed by atoms with E-state index in [2.05, 4.69) is 0 Å². The van der Waals surface area contributed by atoms with Gasteiger partial charge < -0.3 is 19.7 Å². The summed E-state index contributed by atoms with van der Waals surface area (Å²) in [5, 5.41) is 18.2. The highest BCUT2D eigenvalue weighted by atomic mass is 16.5. The highest BCUT2D eigenvalue weighted by molar-refractivity contribution is 5.72. The van der Waals surface area contributed by atoms with Gasteiger partial charge in [0.2, 0.25) is 0 Å². The van der Waals surface area contributed by atoms with Gasteiger partial charge in [0.25, 0.3) is 0 Å². The quantitative estimate of drug-likeness (QED) is 0.828. The first kappa shape index (κ1) is 14.8. The van der Waals surface area contributed by atoms with Crippen LogP contribution in [-0.4, -0.2) is 41.0 Å². The van der Waals surface area contributed by atoms with Crippen LogP contribution in [0.4, 0.5) is 0 Å². The Morgan fingerprint density at radius 2 is 1.91 bits per heavy atom. The molecule has 2 aliphatic heterocycles. The summed E-state index contributed by atoms with van der Waals surface area (Å²) in [5.41, 5.74) is 0.830. The largest absolute Gasteiger partial charge is 0.482 e. The Kier molecular flexibility index (Phi) is 4.02. The summed E-state index contributed by atoms with van der Waals surface area (Å²) in [6.07, 6.45) is 1.98. The van der Waals surface area contributed by atoms with Crippen molar-refractivity contribution in [3.05, 3.63) is 29.8 Å². The van der Waals surface area contributed by atoms with E-state index in [1.807, 2.05) is 12.1 Å². The number of rotatable bonds is 6. The lowest BCUT2D eigenvalue weighted by Gasteiger charge is -2.25. The summed E-state index contributed by atoms with van der Waals surface area (Å²) in [7, 11) is 0. The Bertz CT molecular complexity index is 584. The molecule has 2 N–H and O–H groups in total. The Hall–Kier alpha value is -2.08. The van der Waals surface area contributed by atoms with E-state index < -0.39 is 24.5 Å². The van der Waals surface area contributed by atoms with Gasteiger partial charge in [0.05, 0.1) is 18.1 Å². The van der Waals surface area contributed by atoms with Crippen molar-refractivity contribution in [1.29, 1.82) is 0 Å². The van der Waals surface area contributed by atoms with Crippen LogP contribution in [0.2, 0.25) is 0 Å². The highest BCUT2D eigenvalue weighted by Crippen LogP contribution is 2.45. The van der Waals surface area contributed by atoms with Gasteiger partial charge in [-0.25, -0.2) is 4.79 Å². The van der Waals surface area contributed by atoms with Crippen molar-refractivity contribution in [3.8, 4) is 5.75 Å². The minimum absolute atomic E-state index is 0.0290. The van der Waals surface area contributed by atoms with Crippen LogP contribution < -0.4 is 4.74 Å². The summed E-state index contributed by atoms with van der Waals surface area (Å²) in [6.45, 7) is -0.410. The van der Waals surface area contributed by atoms with E-state index in [1.165, 1.54) is 0 Å². The molecule has 2 aliphatic rings. The van der Waals surface area contributed by atoms with Crippen molar-refractivity contribution in [2.45, 2.75) is 31.5 Å². The maximum atomic E-state index is 11.5. The molecule has 2 saturated heterocycles. The van der Waals surface area contributed by atoms with Gasteiger partial charge >= 0.3 is 11.9 Å². The first-order chi connectivity index (χ1) is 10.6. The number of fused-ring (bicyclic) bond motifs is 2. The van der Waals surface area contributed by atoms with Crippen LogP contribution in [-0.2, 0) is 20.7 Å². The molecule has 1 aromatic carbocycles. The van der Waals surface area contributed by atoms with E-state index in [-0.39, 0.29) is 18.1 Å². The van der Waals surface area contributed by atoms with E-state index in [9.17, 15) is 14.7 Å². The van der Waals surface area contributed by atoms with E-state index in [0.29, 0.717) is 12.2 Å². The zero-order valence-corrected chi connectivity index (χ0v) is 12.0. The predicted octanol–water partition coefficient (Wildman–Crippen LogP) is 1.57. The number of carboxylic acids is 2. The van der Waals surface area contributed by atoms with Crippen LogP contribution in [0.3, 0.4) is 0 Å². The summed E-state index contributed by atoms with van der Waals surface area (Å²) in [5.74, 6) is -1.95. The molecule has 0 aliphatic carbocycles. The number of benzene rings is 1. The maximum Gasteiger partial charge on any atom is 0.341 e. The minimum Gasteiger partial charge on any atom is -0.482 e. The smallest absolute Gasteiger partial charge is 0.341 e. The molecule has 2 fully saturated rings. The second-order valence-corrected chi connectivity index (χ2v) is 5.81. The predicted molar refractivity (Wildman–Crippen MR) is 75.8 cm³/mol. The van der Waals surface area contributed by atoms with Gasteiger partial charge in [-0.1, -0.05) is 18.2 Å². The number of carbonyl (C=O) groups is 2. The topological polar surface area (TPSA) is 93.1 Å². The molecule has 6 heteroatoms. The van der Waals surface area contributed by atoms with Gasteiger partial charge in [0.15, 0.2) is 6.61 Å². The van der Waals surface area contributed by atoms with Crippen LogP contribution >= 0.6 is 0 Å². The van der Waals surface area contributed by atoms with E-state index in [0.717, 1.165) is 18.4 Å². The molecule has 22 heavy (non-hydrogen) atoms. The Morgan fingerprint density at radius 3 is 2.64 bits per heavy atom. The lowest BCUT2D eigenvalue weighted by atomic mass is 9.76. The minimum atomic E-state index is -1.04. The van der Waals surface area contributed by atoms with Gasteiger partial charge in [0, 0.05) is 5.92 Å². The van der Waals surface area contributed by atoms with Gasteiger partial charge in [0.1, 0.15) is 5.75 Å². The summed E-state index contributed by atoms with van der Waals surface area (Å²) in [4.78, 5) is 22.2. The zero-order chi connectivity index (χ0) is 15.7. The Morgan fingerprint density at radius 1 is 1.18 bits per heavy atom. The molecule has 0 unspecified atom stereocenters. The molecular weight excluding hydrogens is 288 g/mol. The van der Waals surface area contributed by atoms with E-state index >= 15 is 0 Å². The molecule has 1 aromatic rings. The average molecular weight is 306 g/mol. The number of para-hydroxylation sites is 1. The van der Waals surface area contributed by atoms with Crippen molar-refractivity contribution in [1.82, 2.24) is 0 Å². The average Bonchev–Trinajstić information content (AvgIpc) is 3.07. The fourth-order valence-electron chi connectivity index (χ4n) is 3.58. The van der Waals surface area contributed by atoms with Crippen LogP contribution in [0.25, 0.3) is 0 Å². The first-order valence-corrected chi connectivity index (χ1v) is 7.37. The molecule has 0 radical (unpaired) electrons. The lowest BCUT2D eigenvalue weighted by molar-refractivity contribution is -0.144. The number of hydrogen-bond acceptors (Lipinski definition) is 4. The monoisotopic (exact) mass is 306 g/mol. The van der Waals surface area contributed by atoms with E-state index in [4.69, 9.17) is 14.6 Å². The van der Waals surface area contributed by atoms with E-state index in [1.54, 1.807) is 12.1 Å². The Balaban J connectivity index is 1.78. The lowest BCUT2D eigenvalue weighted by Crippen LogP contribution is -2.34. The summed E-state index contributed by atoms with van der Waals surface area (Å²) >= 11 is 0. The molecule has 2 bridgehead atoms. The number of ether oxygens (including phenoxy) is 2. The zero-order valence-electron chi connectivity index (χ0n) is 12.0. The molecule has 4 atom stereocenters. The van der Waals surface area contributed by atoms with Crippen molar-refractivity contribution in [2.24, 2.45) is 11.8 Å². The second-order valence-electron chi connectivity index (χ2n) is 5.81. The van der Waals surface area contributed by atoms with Crippen molar-refractivity contribution < 1.29 is 29.3 Å². The highest BCUT2D eigenvalue weighted by Gasteiger charge is 2.52. The maximum absolute atomic E-state index is 11.5. The van der Waals surface area contributed by atoms with Crippen LogP contribution in [0.15, 0.2) is 24.3 Å². The number of carboxylic acid groups (broad SMARTS) is 2. The summed E-state index contributed by atoms with van der Waals surface area (Å²) in [6, 6.07) is 7.17. The fourth-order valence-corrected chi connectivity index (χ4v) is 3.58. The molecule has 0 amide bonds. The van der Waals surface area contributed by atoms with Gasteiger partial charge in [-0.2, -0.15) is 0 Å². The second kappa shape index (κ2) is 5.96. The van der Waals surface area contributed by atoms with Gasteiger partial charge in [-0.3, -0.25) is 4.79 Å². The van der Waals surface area contributed by atoms with Crippen molar-refractivity contribution in [2.75, 3.05) is 6.61 Å². The molecule has 3 rings (SSSR count). The third kappa shape index (κ3) is 2.78. The molecule has 2 heterocycles. The third-order valence-electron chi connectivity index (χ3n) is 4.49. The molecule has 0 spiro atoms. The third-order valence-corrected chi connectivity index (χ3v) is 4.49. The first-order valence-electron chi connectivity index (χ1n) is 7.37. The fraction of sp³-hybridized carbons (Fsp3) is 0.500. The molecule has 0 aromatic heterocycles. The number of aliphatic carboxylic acids is 2. The summed E-state index contributed by atoms with van der Waals surface area (Å²) < 4.78 is 11.1. The SMILES string of the molecule is O=C(O)COc1ccccc1C[C@H]1[C@@H](C(=O)O)[C@@H]2CC[C@H]1O2. The van der Waals surface area contributed by atoms with Crippen molar-refractivity contribution in [3.63, 3.8) is 0 Å². The van der Waals surface area contributed by atoms with Crippen LogP contribution in [0.5, 0.6) is 5.75 Å².